The number of likely N-dealkylation sites (tertiary alicyclic amines) is 1. The molecule has 1 amide bonds. The number of benzene rings is 1. The van der Waals surface area contributed by atoms with Gasteiger partial charge in [0.2, 0.25) is 0 Å². The highest BCUT2D eigenvalue weighted by Crippen LogP contribution is 2.30. The summed E-state index contributed by atoms with van der Waals surface area (Å²) < 4.78 is 5.43. The van der Waals surface area contributed by atoms with E-state index < -0.39 is 0 Å². The molecule has 1 saturated heterocycles. The SMILES string of the molecule is CCOCc1ccc(C(=O)N2CCC(c3nc4c(c(NC)n3)CCN(C)C4)CC2)cc1. The molecule has 7 heteroatoms. The number of hydrogen-bond acceptors (Lipinski definition) is 6. The number of likely N-dealkylation sites (N-methyl/N-ethyl adjacent to an activating group) is 1. The van der Waals surface area contributed by atoms with Gasteiger partial charge in [0, 0.05) is 56.9 Å². The van der Waals surface area contributed by atoms with Gasteiger partial charge in [0.1, 0.15) is 11.6 Å². The summed E-state index contributed by atoms with van der Waals surface area (Å²) in [7, 11) is 4.07. The highest BCUT2D eigenvalue weighted by atomic mass is 16.5. The summed E-state index contributed by atoms with van der Waals surface area (Å²) in [6.45, 7) is 6.64. The van der Waals surface area contributed by atoms with Gasteiger partial charge in [0.25, 0.3) is 5.91 Å². The molecule has 1 N–H and O–H groups in total. The highest BCUT2D eigenvalue weighted by Gasteiger charge is 2.28. The monoisotopic (exact) mass is 423 g/mol. The number of nitrogens with one attached hydrogen (secondary N) is 1. The van der Waals surface area contributed by atoms with E-state index in [1.807, 2.05) is 43.1 Å². The first-order valence-corrected chi connectivity index (χ1v) is 11.3. The van der Waals surface area contributed by atoms with Crippen molar-refractivity contribution in [1.29, 1.82) is 0 Å². The molecule has 3 heterocycles. The van der Waals surface area contributed by atoms with Crippen LogP contribution < -0.4 is 5.32 Å². The molecule has 4 rings (SSSR count). The first-order valence-electron chi connectivity index (χ1n) is 11.3. The van der Waals surface area contributed by atoms with Gasteiger partial charge in [-0.05, 0) is 50.9 Å². The van der Waals surface area contributed by atoms with Crippen molar-refractivity contribution in [2.75, 3.05) is 45.7 Å². The van der Waals surface area contributed by atoms with Crippen LogP contribution in [-0.4, -0.2) is 66.0 Å². The Hall–Kier alpha value is -2.51. The molecule has 0 saturated carbocycles. The van der Waals surface area contributed by atoms with Gasteiger partial charge in [-0.1, -0.05) is 12.1 Å². The third-order valence-corrected chi connectivity index (χ3v) is 6.33. The molecule has 2 aromatic rings. The van der Waals surface area contributed by atoms with Crippen molar-refractivity contribution in [3.05, 3.63) is 52.5 Å². The van der Waals surface area contributed by atoms with Crippen molar-refractivity contribution in [3.63, 3.8) is 0 Å². The lowest BCUT2D eigenvalue weighted by Gasteiger charge is -2.32. The van der Waals surface area contributed by atoms with Crippen LogP contribution in [-0.2, 0) is 24.3 Å². The number of ether oxygens (including phenoxy) is 1. The molecule has 0 aliphatic carbocycles. The molecule has 0 radical (unpaired) electrons. The summed E-state index contributed by atoms with van der Waals surface area (Å²) >= 11 is 0. The first-order chi connectivity index (χ1) is 15.1. The lowest BCUT2D eigenvalue weighted by atomic mass is 9.94. The zero-order valence-corrected chi connectivity index (χ0v) is 18.9. The number of carbonyl (C=O) groups excluding carboxylic acids is 1. The van der Waals surface area contributed by atoms with E-state index in [4.69, 9.17) is 14.7 Å². The molecule has 0 atom stereocenters. The first kappa shape index (κ1) is 21.7. The van der Waals surface area contributed by atoms with Gasteiger partial charge in [-0.2, -0.15) is 0 Å². The normalized spacial score (nSPS) is 17.5. The van der Waals surface area contributed by atoms with Crippen LogP contribution in [0.4, 0.5) is 5.82 Å². The summed E-state index contributed by atoms with van der Waals surface area (Å²) in [5.41, 5.74) is 4.23. The van der Waals surface area contributed by atoms with E-state index in [9.17, 15) is 4.79 Å². The number of piperidine rings is 1. The Morgan fingerprint density at radius 1 is 1.16 bits per heavy atom. The quantitative estimate of drug-likeness (QED) is 0.770. The number of rotatable bonds is 6. The van der Waals surface area contributed by atoms with Crippen molar-refractivity contribution in [2.45, 2.75) is 45.3 Å². The van der Waals surface area contributed by atoms with Crippen LogP contribution in [0, 0.1) is 0 Å². The zero-order chi connectivity index (χ0) is 21.8. The average molecular weight is 424 g/mol. The topological polar surface area (TPSA) is 70.6 Å². The maximum atomic E-state index is 12.9. The molecule has 1 aromatic carbocycles. The highest BCUT2D eigenvalue weighted by molar-refractivity contribution is 5.94. The van der Waals surface area contributed by atoms with E-state index in [1.165, 1.54) is 5.56 Å². The van der Waals surface area contributed by atoms with Crippen molar-refractivity contribution in [1.82, 2.24) is 19.8 Å². The van der Waals surface area contributed by atoms with E-state index >= 15 is 0 Å². The van der Waals surface area contributed by atoms with Crippen LogP contribution in [0.1, 0.15) is 58.7 Å². The van der Waals surface area contributed by atoms with Crippen LogP contribution in [0.15, 0.2) is 24.3 Å². The number of fused-ring (bicyclic) bond motifs is 1. The Bertz CT molecular complexity index is 907. The molecule has 0 bridgehead atoms. The van der Waals surface area contributed by atoms with Gasteiger partial charge < -0.3 is 19.9 Å². The maximum absolute atomic E-state index is 12.9. The predicted molar refractivity (Wildman–Crippen MR) is 121 cm³/mol. The van der Waals surface area contributed by atoms with Crippen molar-refractivity contribution < 1.29 is 9.53 Å². The molecule has 2 aliphatic heterocycles. The molecule has 1 aromatic heterocycles. The van der Waals surface area contributed by atoms with E-state index in [2.05, 4.69) is 17.3 Å². The smallest absolute Gasteiger partial charge is 0.253 e. The van der Waals surface area contributed by atoms with Crippen molar-refractivity contribution in [3.8, 4) is 0 Å². The summed E-state index contributed by atoms with van der Waals surface area (Å²) in [5, 5.41) is 3.27. The van der Waals surface area contributed by atoms with Crippen LogP contribution in [0.5, 0.6) is 0 Å². The zero-order valence-electron chi connectivity index (χ0n) is 18.9. The Labute approximate surface area is 184 Å². The number of nitrogens with zero attached hydrogens (tertiary/aromatic N) is 4. The second kappa shape index (κ2) is 9.75. The summed E-state index contributed by atoms with van der Waals surface area (Å²) in [6, 6.07) is 7.77. The van der Waals surface area contributed by atoms with E-state index in [-0.39, 0.29) is 5.91 Å². The molecular weight excluding hydrogens is 390 g/mol. The lowest BCUT2D eigenvalue weighted by Crippen LogP contribution is -2.38. The Morgan fingerprint density at radius 2 is 1.90 bits per heavy atom. The molecule has 2 aliphatic rings. The standard InChI is InChI=1S/C24H33N5O2/c1-4-31-16-17-5-7-19(8-6-17)24(30)29-13-9-18(10-14-29)22-26-21-15-28(3)12-11-20(21)23(25-2)27-22/h5-8,18H,4,9-16H2,1-3H3,(H,25,26,27). The van der Waals surface area contributed by atoms with Gasteiger partial charge in [-0.15, -0.1) is 0 Å². The predicted octanol–water partition coefficient (Wildman–Crippen LogP) is 3.06. The fourth-order valence-corrected chi connectivity index (χ4v) is 4.46. The average Bonchev–Trinajstić information content (AvgIpc) is 2.81. The van der Waals surface area contributed by atoms with Gasteiger partial charge in [0.05, 0.1) is 12.3 Å². The number of hydrogen-bond donors (Lipinski definition) is 1. The van der Waals surface area contributed by atoms with E-state index in [1.54, 1.807) is 0 Å². The van der Waals surface area contributed by atoms with Crippen molar-refractivity contribution >= 4 is 11.7 Å². The second-order valence-corrected chi connectivity index (χ2v) is 8.49. The maximum Gasteiger partial charge on any atom is 0.253 e. The van der Waals surface area contributed by atoms with Crippen LogP contribution in [0.25, 0.3) is 0 Å². The lowest BCUT2D eigenvalue weighted by molar-refractivity contribution is 0.0710. The Kier molecular flexibility index (Phi) is 6.83. The molecule has 7 nitrogen and oxygen atoms in total. The number of aromatic nitrogens is 2. The minimum atomic E-state index is 0.102. The molecule has 166 valence electrons. The fraction of sp³-hybridized carbons (Fsp3) is 0.542. The Morgan fingerprint density at radius 3 is 2.58 bits per heavy atom. The number of amides is 1. The third kappa shape index (κ3) is 4.88. The summed E-state index contributed by atoms with van der Waals surface area (Å²) in [5.74, 6) is 2.29. The van der Waals surface area contributed by atoms with E-state index in [0.29, 0.717) is 19.1 Å². The largest absolute Gasteiger partial charge is 0.377 e. The molecule has 1 fully saturated rings. The van der Waals surface area contributed by atoms with E-state index in [0.717, 1.165) is 73.9 Å². The summed E-state index contributed by atoms with van der Waals surface area (Å²) in [4.78, 5) is 27.0. The van der Waals surface area contributed by atoms with Gasteiger partial charge in [-0.25, -0.2) is 9.97 Å². The fourth-order valence-electron chi connectivity index (χ4n) is 4.46. The van der Waals surface area contributed by atoms with Crippen molar-refractivity contribution in [2.24, 2.45) is 0 Å². The molecule has 31 heavy (non-hydrogen) atoms. The van der Waals surface area contributed by atoms with Gasteiger partial charge in [0.15, 0.2) is 0 Å². The molecule has 0 unspecified atom stereocenters. The molecule has 0 spiro atoms. The van der Waals surface area contributed by atoms with Crippen LogP contribution in [0.2, 0.25) is 0 Å². The minimum absolute atomic E-state index is 0.102. The van der Waals surface area contributed by atoms with Crippen LogP contribution in [0.3, 0.4) is 0 Å². The number of carbonyl (C=O) groups is 1. The van der Waals surface area contributed by atoms with Gasteiger partial charge in [-0.3, -0.25) is 4.79 Å². The van der Waals surface area contributed by atoms with Crippen LogP contribution >= 0.6 is 0 Å². The Balaban J connectivity index is 1.40. The summed E-state index contributed by atoms with van der Waals surface area (Å²) in [6.07, 6.45) is 2.77. The number of anilines is 1. The van der Waals surface area contributed by atoms with Gasteiger partial charge >= 0.3 is 0 Å². The second-order valence-electron chi connectivity index (χ2n) is 8.49. The molecular formula is C24H33N5O2. The minimum Gasteiger partial charge on any atom is -0.377 e. The third-order valence-electron chi connectivity index (χ3n) is 6.33.